The van der Waals surface area contributed by atoms with Crippen molar-refractivity contribution in [3.05, 3.63) is 53.6 Å². The second-order valence-corrected chi connectivity index (χ2v) is 6.49. The number of hydrazone groups is 1. The molecule has 0 radical (unpaired) electrons. The van der Waals surface area contributed by atoms with E-state index in [4.69, 9.17) is 18.9 Å². The molecule has 1 aliphatic heterocycles. The number of hydrogen-bond donors (Lipinski definition) is 0. The lowest BCUT2D eigenvalue weighted by atomic mass is 10.0. The molecule has 0 aliphatic carbocycles. The highest BCUT2D eigenvalue weighted by molar-refractivity contribution is 6.34. The van der Waals surface area contributed by atoms with E-state index in [-0.39, 0.29) is 24.5 Å². The predicted octanol–water partition coefficient (Wildman–Crippen LogP) is 3.45. The van der Waals surface area contributed by atoms with Gasteiger partial charge in [-0.1, -0.05) is 18.2 Å². The second kappa shape index (κ2) is 9.80. The molecular weight excluding hydrogens is 400 g/mol. The first kappa shape index (κ1) is 21.9. The van der Waals surface area contributed by atoms with Gasteiger partial charge in [0.25, 0.3) is 5.91 Å². The fraction of sp³-hybridized carbons (Fsp3) is 0.261. The fourth-order valence-corrected chi connectivity index (χ4v) is 3.15. The first-order valence-electron chi connectivity index (χ1n) is 9.67. The summed E-state index contributed by atoms with van der Waals surface area (Å²) in [5, 5.41) is 5.68. The number of para-hydroxylation sites is 1. The number of benzene rings is 2. The summed E-state index contributed by atoms with van der Waals surface area (Å²) in [7, 11) is 4.56. The molecule has 1 heterocycles. The summed E-state index contributed by atoms with van der Waals surface area (Å²) in [6, 6.07) is 12.4. The number of amides is 1. The van der Waals surface area contributed by atoms with Gasteiger partial charge in [0.05, 0.1) is 51.3 Å². The van der Waals surface area contributed by atoms with Crippen molar-refractivity contribution in [2.75, 3.05) is 32.9 Å². The summed E-state index contributed by atoms with van der Waals surface area (Å²) in [4.78, 5) is 25.4. The maximum Gasteiger partial charge on any atom is 0.311 e. The Bertz CT molecular complexity index is 1030. The van der Waals surface area contributed by atoms with Gasteiger partial charge in [-0.25, -0.2) is 0 Å². The molecule has 2 aromatic carbocycles. The Hall–Kier alpha value is -3.81. The smallest absolute Gasteiger partial charge is 0.311 e. The van der Waals surface area contributed by atoms with E-state index in [1.54, 1.807) is 37.3 Å². The van der Waals surface area contributed by atoms with Crippen LogP contribution in [0.25, 0.3) is 6.08 Å². The minimum absolute atomic E-state index is 0.135. The van der Waals surface area contributed by atoms with Crippen LogP contribution >= 0.6 is 0 Å². The number of esters is 1. The maximum absolute atomic E-state index is 13.2. The zero-order valence-electron chi connectivity index (χ0n) is 17.9. The van der Waals surface area contributed by atoms with E-state index in [2.05, 4.69) is 5.10 Å². The maximum atomic E-state index is 13.2. The average Bonchev–Trinajstić information content (AvgIpc) is 3.09. The van der Waals surface area contributed by atoms with Crippen LogP contribution in [-0.2, 0) is 14.3 Å². The van der Waals surface area contributed by atoms with Crippen LogP contribution in [0.1, 0.15) is 18.9 Å². The zero-order valence-corrected chi connectivity index (χ0v) is 17.9. The van der Waals surface area contributed by atoms with Gasteiger partial charge in [0, 0.05) is 11.6 Å². The number of methoxy groups -OCH3 is 3. The van der Waals surface area contributed by atoms with Crippen molar-refractivity contribution in [2.24, 2.45) is 5.10 Å². The zero-order chi connectivity index (χ0) is 22.4. The number of nitrogens with zero attached hydrogens (tertiary/aromatic N) is 2. The number of carbonyl (C=O) groups excluding carboxylic acids is 2. The van der Waals surface area contributed by atoms with E-state index in [1.807, 2.05) is 18.2 Å². The molecule has 0 saturated heterocycles. The van der Waals surface area contributed by atoms with Crippen molar-refractivity contribution in [2.45, 2.75) is 13.3 Å². The Labute approximate surface area is 180 Å². The van der Waals surface area contributed by atoms with Gasteiger partial charge >= 0.3 is 5.97 Å². The third kappa shape index (κ3) is 4.69. The van der Waals surface area contributed by atoms with E-state index >= 15 is 0 Å². The molecule has 8 heteroatoms. The van der Waals surface area contributed by atoms with E-state index < -0.39 is 5.97 Å². The Kier molecular flexibility index (Phi) is 6.92. The van der Waals surface area contributed by atoms with Crippen LogP contribution in [-0.4, -0.2) is 45.5 Å². The molecule has 0 atom stereocenters. The van der Waals surface area contributed by atoms with E-state index in [9.17, 15) is 9.59 Å². The van der Waals surface area contributed by atoms with Crippen LogP contribution in [0.15, 0.2) is 53.1 Å². The lowest BCUT2D eigenvalue weighted by molar-refractivity contribution is -0.141. The highest BCUT2D eigenvalue weighted by atomic mass is 16.5. The van der Waals surface area contributed by atoms with Crippen molar-refractivity contribution in [3.63, 3.8) is 0 Å². The summed E-state index contributed by atoms with van der Waals surface area (Å²) in [6.07, 6.45) is 1.49. The molecule has 0 saturated carbocycles. The number of carbonyl (C=O) groups is 2. The Morgan fingerprint density at radius 1 is 1.00 bits per heavy atom. The van der Waals surface area contributed by atoms with Gasteiger partial charge in [0.2, 0.25) is 0 Å². The van der Waals surface area contributed by atoms with E-state index in [0.717, 1.165) is 0 Å². The van der Waals surface area contributed by atoms with E-state index in [1.165, 1.54) is 26.3 Å². The molecule has 162 valence electrons. The molecular formula is C23H24N2O6. The molecule has 0 unspecified atom stereocenters. The molecule has 0 fully saturated rings. The van der Waals surface area contributed by atoms with Gasteiger partial charge < -0.3 is 18.9 Å². The third-order valence-corrected chi connectivity index (χ3v) is 4.61. The summed E-state index contributed by atoms with van der Waals surface area (Å²) >= 11 is 0. The van der Waals surface area contributed by atoms with Crippen molar-refractivity contribution < 1.29 is 28.5 Å². The summed E-state index contributed by atoms with van der Waals surface area (Å²) in [5.74, 6) is 0.623. The van der Waals surface area contributed by atoms with Gasteiger partial charge in [0.15, 0.2) is 11.5 Å². The topological polar surface area (TPSA) is 86.7 Å². The summed E-state index contributed by atoms with van der Waals surface area (Å²) in [6.45, 7) is 1.96. The quantitative estimate of drug-likeness (QED) is 0.477. The van der Waals surface area contributed by atoms with Gasteiger partial charge in [-0.05, 0) is 31.2 Å². The first-order valence-corrected chi connectivity index (χ1v) is 9.67. The van der Waals surface area contributed by atoms with Crippen LogP contribution < -0.4 is 19.2 Å². The minimum Gasteiger partial charge on any atom is -0.496 e. The Morgan fingerprint density at radius 3 is 2.26 bits per heavy atom. The number of anilines is 1. The fourth-order valence-electron chi connectivity index (χ4n) is 3.15. The van der Waals surface area contributed by atoms with Gasteiger partial charge in [-0.15, -0.1) is 0 Å². The first-order chi connectivity index (χ1) is 15.0. The Morgan fingerprint density at radius 2 is 1.65 bits per heavy atom. The highest BCUT2D eigenvalue weighted by Gasteiger charge is 2.33. The Balaban J connectivity index is 2.08. The molecule has 1 aliphatic rings. The van der Waals surface area contributed by atoms with E-state index in [0.29, 0.717) is 34.2 Å². The summed E-state index contributed by atoms with van der Waals surface area (Å²) < 4.78 is 21.2. The lowest BCUT2D eigenvalue weighted by Gasteiger charge is -2.13. The molecule has 2 aromatic rings. The SMILES string of the molecule is CCOC(=O)CC1=NN(c2ccccc2)C(=O)/C1=C\c1cc(OC)c(OC)cc1OC. The lowest BCUT2D eigenvalue weighted by Crippen LogP contribution is -2.21. The normalized spacial score (nSPS) is 14.5. The predicted molar refractivity (Wildman–Crippen MR) is 117 cm³/mol. The van der Waals surface area contributed by atoms with Crippen molar-refractivity contribution in [1.82, 2.24) is 0 Å². The molecule has 0 aromatic heterocycles. The van der Waals surface area contributed by atoms with Crippen molar-refractivity contribution in [3.8, 4) is 17.2 Å². The third-order valence-electron chi connectivity index (χ3n) is 4.61. The number of rotatable bonds is 8. The van der Waals surface area contributed by atoms with Crippen LogP contribution in [0.2, 0.25) is 0 Å². The monoisotopic (exact) mass is 424 g/mol. The molecule has 3 rings (SSSR count). The average molecular weight is 424 g/mol. The van der Waals surface area contributed by atoms with Gasteiger partial charge in [-0.3, -0.25) is 9.59 Å². The minimum atomic E-state index is -0.464. The van der Waals surface area contributed by atoms with Crippen molar-refractivity contribution in [1.29, 1.82) is 0 Å². The van der Waals surface area contributed by atoms with Crippen LogP contribution in [0.5, 0.6) is 17.2 Å². The van der Waals surface area contributed by atoms with Crippen LogP contribution in [0.4, 0.5) is 5.69 Å². The molecule has 0 bridgehead atoms. The van der Waals surface area contributed by atoms with Crippen LogP contribution in [0.3, 0.4) is 0 Å². The van der Waals surface area contributed by atoms with Gasteiger partial charge in [0.1, 0.15) is 5.75 Å². The second-order valence-electron chi connectivity index (χ2n) is 6.49. The molecule has 1 amide bonds. The van der Waals surface area contributed by atoms with Crippen LogP contribution in [0, 0.1) is 0 Å². The highest BCUT2D eigenvalue weighted by Crippen LogP contribution is 2.36. The number of hydrogen-bond acceptors (Lipinski definition) is 7. The molecule has 8 nitrogen and oxygen atoms in total. The summed E-state index contributed by atoms with van der Waals surface area (Å²) in [5.41, 5.74) is 1.75. The van der Waals surface area contributed by atoms with Gasteiger partial charge in [-0.2, -0.15) is 10.1 Å². The van der Waals surface area contributed by atoms with Crippen molar-refractivity contribution >= 4 is 29.4 Å². The molecule has 0 N–H and O–H groups in total. The standard InChI is InChI=1S/C23H24N2O6/c1-5-31-22(26)13-18-17(23(27)25(24-18)16-9-7-6-8-10-16)11-15-12-20(29-3)21(30-4)14-19(15)28-2/h6-12,14H,5,13H2,1-4H3/b17-11-. The largest absolute Gasteiger partial charge is 0.496 e. The number of ether oxygens (including phenoxy) is 4. The molecule has 31 heavy (non-hydrogen) atoms. The molecule has 0 spiro atoms.